The van der Waals surface area contributed by atoms with Gasteiger partial charge >= 0.3 is 0 Å². The highest BCUT2D eigenvalue weighted by molar-refractivity contribution is 5.76. The number of unbranched alkanes of at least 4 members (excludes halogenated alkanes) is 3. The molecule has 0 radical (unpaired) electrons. The monoisotopic (exact) mass is 336 g/mol. The van der Waals surface area contributed by atoms with Gasteiger partial charge in [-0.3, -0.25) is 9.59 Å². The molecule has 4 heteroatoms. The largest absolute Gasteiger partial charge is 0.353 e. The maximum Gasteiger partial charge on any atom is 0.220 e. The van der Waals surface area contributed by atoms with E-state index in [0.29, 0.717) is 24.9 Å². The highest BCUT2D eigenvalue weighted by atomic mass is 16.2. The first-order chi connectivity index (χ1) is 11.7. The summed E-state index contributed by atoms with van der Waals surface area (Å²) >= 11 is 0. The highest BCUT2D eigenvalue weighted by Gasteiger charge is 2.16. The Morgan fingerprint density at radius 2 is 0.958 bits per heavy atom. The molecule has 0 aliphatic heterocycles. The number of amides is 2. The summed E-state index contributed by atoms with van der Waals surface area (Å²) in [6.07, 6.45) is 17.6. The standard InChI is InChI=1S/C20H36N2O2/c23-19(21-17-11-5-3-6-12-17)15-9-1-2-10-16-20(24)22-18-13-7-4-8-14-18/h17-18H,1-16H2,(H,21,23)(H,22,24). The number of nitrogens with one attached hydrogen (secondary N) is 2. The van der Waals surface area contributed by atoms with Gasteiger partial charge in [0.1, 0.15) is 0 Å². The van der Waals surface area contributed by atoms with Gasteiger partial charge in [0.25, 0.3) is 0 Å². The second-order valence-electron chi connectivity index (χ2n) is 7.72. The van der Waals surface area contributed by atoms with Crippen molar-refractivity contribution in [3.05, 3.63) is 0 Å². The number of hydrogen-bond acceptors (Lipinski definition) is 2. The van der Waals surface area contributed by atoms with E-state index in [0.717, 1.165) is 51.4 Å². The first kappa shape index (κ1) is 19.3. The van der Waals surface area contributed by atoms with Crippen LogP contribution in [-0.4, -0.2) is 23.9 Å². The third kappa shape index (κ3) is 8.16. The van der Waals surface area contributed by atoms with Crippen LogP contribution >= 0.6 is 0 Å². The molecule has 0 aromatic rings. The third-order valence-corrected chi connectivity index (χ3v) is 5.50. The third-order valence-electron chi connectivity index (χ3n) is 5.50. The number of carbonyl (C=O) groups is 2. The van der Waals surface area contributed by atoms with Crippen LogP contribution in [0, 0.1) is 0 Å². The summed E-state index contributed by atoms with van der Waals surface area (Å²) in [5.41, 5.74) is 0. The minimum absolute atomic E-state index is 0.219. The molecule has 24 heavy (non-hydrogen) atoms. The molecule has 0 saturated heterocycles. The molecule has 0 bridgehead atoms. The van der Waals surface area contributed by atoms with Crippen molar-refractivity contribution in [2.75, 3.05) is 0 Å². The Balaban J connectivity index is 1.41. The smallest absolute Gasteiger partial charge is 0.220 e. The van der Waals surface area contributed by atoms with Crippen LogP contribution in [0.15, 0.2) is 0 Å². The Morgan fingerprint density at radius 3 is 1.33 bits per heavy atom. The van der Waals surface area contributed by atoms with Crippen LogP contribution in [0.25, 0.3) is 0 Å². The van der Waals surface area contributed by atoms with E-state index < -0.39 is 0 Å². The maximum absolute atomic E-state index is 11.9. The van der Waals surface area contributed by atoms with E-state index in [-0.39, 0.29) is 11.8 Å². The molecule has 0 atom stereocenters. The van der Waals surface area contributed by atoms with Gasteiger partial charge in [-0.1, -0.05) is 51.4 Å². The lowest BCUT2D eigenvalue weighted by molar-refractivity contribution is -0.123. The molecule has 2 N–H and O–H groups in total. The molecule has 0 aromatic heterocycles. The molecule has 2 aliphatic carbocycles. The second kappa shape index (κ2) is 11.5. The summed E-state index contributed by atoms with van der Waals surface area (Å²) in [6.45, 7) is 0. The molecule has 0 unspecified atom stereocenters. The van der Waals surface area contributed by atoms with Crippen LogP contribution in [0.4, 0.5) is 0 Å². The van der Waals surface area contributed by atoms with Crippen LogP contribution in [0.5, 0.6) is 0 Å². The van der Waals surface area contributed by atoms with Crippen molar-refractivity contribution >= 4 is 11.8 Å². The summed E-state index contributed by atoms with van der Waals surface area (Å²) < 4.78 is 0. The number of carbonyl (C=O) groups excluding carboxylic acids is 2. The van der Waals surface area contributed by atoms with Gasteiger partial charge in [0.05, 0.1) is 0 Å². The predicted octanol–water partition coefficient (Wildman–Crippen LogP) is 4.22. The quantitative estimate of drug-likeness (QED) is 0.619. The van der Waals surface area contributed by atoms with E-state index in [9.17, 15) is 9.59 Å². The fourth-order valence-corrected chi connectivity index (χ4v) is 4.02. The normalized spacial score (nSPS) is 19.8. The Bertz CT molecular complexity index is 336. The zero-order valence-corrected chi connectivity index (χ0v) is 15.3. The van der Waals surface area contributed by atoms with Crippen molar-refractivity contribution in [2.24, 2.45) is 0 Å². The fraction of sp³-hybridized carbons (Fsp3) is 0.900. The zero-order valence-electron chi connectivity index (χ0n) is 15.3. The fourth-order valence-electron chi connectivity index (χ4n) is 4.02. The van der Waals surface area contributed by atoms with E-state index in [1.165, 1.54) is 38.5 Å². The van der Waals surface area contributed by atoms with Crippen LogP contribution < -0.4 is 10.6 Å². The molecule has 0 heterocycles. The van der Waals surface area contributed by atoms with Crippen molar-refractivity contribution in [3.8, 4) is 0 Å². The van der Waals surface area contributed by atoms with Gasteiger partial charge in [-0.2, -0.15) is 0 Å². The average Bonchev–Trinajstić information content (AvgIpc) is 2.60. The molecule has 2 saturated carbocycles. The Labute approximate surface area is 147 Å². The lowest BCUT2D eigenvalue weighted by Gasteiger charge is -2.22. The van der Waals surface area contributed by atoms with Crippen LogP contribution in [-0.2, 0) is 9.59 Å². The van der Waals surface area contributed by atoms with Gasteiger partial charge in [-0.15, -0.1) is 0 Å². The second-order valence-corrected chi connectivity index (χ2v) is 7.72. The van der Waals surface area contributed by atoms with E-state index >= 15 is 0 Å². The molecule has 4 nitrogen and oxygen atoms in total. The molecule has 2 aliphatic rings. The van der Waals surface area contributed by atoms with E-state index in [1.54, 1.807) is 0 Å². The predicted molar refractivity (Wildman–Crippen MR) is 97.7 cm³/mol. The van der Waals surface area contributed by atoms with Gasteiger partial charge in [0.2, 0.25) is 11.8 Å². The molecule has 2 fully saturated rings. The molecule has 0 spiro atoms. The molecule has 138 valence electrons. The lowest BCUT2D eigenvalue weighted by atomic mass is 9.95. The van der Waals surface area contributed by atoms with Gasteiger partial charge in [-0.05, 0) is 38.5 Å². The molecule has 2 rings (SSSR count). The van der Waals surface area contributed by atoms with E-state index in [1.807, 2.05) is 0 Å². The van der Waals surface area contributed by atoms with Gasteiger partial charge in [0, 0.05) is 24.9 Å². The summed E-state index contributed by atoms with van der Waals surface area (Å²) in [4.78, 5) is 23.8. The van der Waals surface area contributed by atoms with Gasteiger partial charge in [-0.25, -0.2) is 0 Å². The van der Waals surface area contributed by atoms with Crippen LogP contribution in [0.3, 0.4) is 0 Å². The number of hydrogen-bond donors (Lipinski definition) is 2. The SMILES string of the molecule is O=C(CCCCCCC(=O)NC1CCCCC1)NC1CCCCC1. The Morgan fingerprint density at radius 1 is 0.583 bits per heavy atom. The zero-order chi connectivity index (χ0) is 17.0. The van der Waals surface area contributed by atoms with E-state index in [4.69, 9.17) is 0 Å². The van der Waals surface area contributed by atoms with Crippen LogP contribution in [0.2, 0.25) is 0 Å². The van der Waals surface area contributed by atoms with Crippen molar-refractivity contribution in [3.63, 3.8) is 0 Å². The topological polar surface area (TPSA) is 58.2 Å². The Kier molecular flexibility index (Phi) is 9.22. The summed E-state index contributed by atoms with van der Waals surface area (Å²) in [5.74, 6) is 0.439. The molecular formula is C20H36N2O2. The van der Waals surface area contributed by atoms with Crippen molar-refractivity contribution in [1.82, 2.24) is 10.6 Å². The summed E-state index contributed by atoms with van der Waals surface area (Å²) in [5, 5.41) is 6.34. The summed E-state index contributed by atoms with van der Waals surface area (Å²) in [6, 6.07) is 0.851. The average molecular weight is 337 g/mol. The van der Waals surface area contributed by atoms with Gasteiger partial charge < -0.3 is 10.6 Å². The molecular weight excluding hydrogens is 300 g/mol. The highest BCUT2D eigenvalue weighted by Crippen LogP contribution is 2.18. The number of rotatable bonds is 9. The molecule has 0 aromatic carbocycles. The van der Waals surface area contributed by atoms with Crippen molar-refractivity contribution < 1.29 is 9.59 Å². The maximum atomic E-state index is 11.9. The van der Waals surface area contributed by atoms with Crippen LogP contribution in [0.1, 0.15) is 103 Å². The van der Waals surface area contributed by atoms with Crippen molar-refractivity contribution in [2.45, 2.75) is 115 Å². The summed E-state index contributed by atoms with van der Waals surface area (Å²) in [7, 11) is 0. The minimum Gasteiger partial charge on any atom is -0.353 e. The van der Waals surface area contributed by atoms with E-state index in [2.05, 4.69) is 10.6 Å². The lowest BCUT2D eigenvalue weighted by Crippen LogP contribution is -2.36. The van der Waals surface area contributed by atoms with Crippen molar-refractivity contribution in [1.29, 1.82) is 0 Å². The minimum atomic E-state index is 0.219. The van der Waals surface area contributed by atoms with Gasteiger partial charge in [0.15, 0.2) is 0 Å². The molecule has 2 amide bonds. The first-order valence-corrected chi connectivity index (χ1v) is 10.3. The Hall–Kier alpha value is -1.06. The first-order valence-electron chi connectivity index (χ1n) is 10.3.